The van der Waals surface area contributed by atoms with Crippen LogP contribution in [-0.2, 0) is 20.9 Å². The molecule has 0 bridgehead atoms. The Kier molecular flexibility index (Phi) is 6.84. The maximum absolute atomic E-state index is 11.7. The first-order chi connectivity index (χ1) is 15.5. The Morgan fingerprint density at radius 2 is 2.09 bits per heavy atom. The Morgan fingerprint density at radius 3 is 2.81 bits per heavy atom. The molecule has 1 amide bonds. The molecule has 0 radical (unpaired) electrons. The largest absolute Gasteiger partial charge is 0.409 e. The fourth-order valence-electron chi connectivity index (χ4n) is 3.79. The van der Waals surface area contributed by atoms with E-state index in [1.807, 2.05) is 44.3 Å². The molecular formula is C24H29N5O3. The van der Waals surface area contributed by atoms with Gasteiger partial charge in [0.05, 0.1) is 18.9 Å². The van der Waals surface area contributed by atoms with E-state index < -0.39 is 0 Å². The molecule has 1 unspecified atom stereocenters. The molecule has 0 saturated carbocycles. The maximum atomic E-state index is 11.7. The number of morpholine rings is 1. The Morgan fingerprint density at radius 1 is 1.28 bits per heavy atom. The molecule has 1 atom stereocenters. The number of pyridine rings is 1. The van der Waals surface area contributed by atoms with Gasteiger partial charge in [0, 0.05) is 37.9 Å². The molecule has 0 spiro atoms. The summed E-state index contributed by atoms with van der Waals surface area (Å²) in [5.74, 6) is 1.36. The van der Waals surface area contributed by atoms with Gasteiger partial charge in [-0.25, -0.2) is 4.98 Å². The molecule has 4 rings (SSSR count). The number of anilines is 2. The zero-order valence-electron chi connectivity index (χ0n) is 18.5. The van der Waals surface area contributed by atoms with E-state index in [0.717, 1.165) is 61.2 Å². The minimum Gasteiger partial charge on any atom is -0.409 e. The van der Waals surface area contributed by atoms with Crippen LogP contribution in [0.25, 0.3) is 11.3 Å². The number of allylic oxidation sites excluding steroid dienone is 1. The Balaban J connectivity index is 1.64. The third-order valence-electron chi connectivity index (χ3n) is 5.37. The van der Waals surface area contributed by atoms with E-state index in [1.165, 1.54) is 6.08 Å². The zero-order valence-corrected chi connectivity index (χ0v) is 18.5. The normalized spacial score (nSPS) is 19.2. The van der Waals surface area contributed by atoms with Gasteiger partial charge in [0.15, 0.2) is 0 Å². The van der Waals surface area contributed by atoms with Crippen LogP contribution in [0, 0.1) is 0 Å². The van der Waals surface area contributed by atoms with E-state index in [4.69, 9.17) is 14.6 Å². The van der Waals surface area contributed by atoms with Crippen LogP contribution in [0.3, 0.4) is 0 Å². The lowest BCUT2D eigenvalue weighted by Gasteiger charge is -2.27. The summed E-state index contributed by atoms with van der Waals surface area (Å²) in [6.07, 6.45) is 3.17. The quantitative estimate of drug-likeness (QED) is 0.647. The van der Waals surface area contributed by atoms with Crippen molar-refractivity contribution in [3.8, 4) is 11.3 Å². The summed E-state index contributed by atoms with van der Waals surface area (Å²) in [6.45, 7) is 9.57. The number of hydrogen-bond donors (Lipinski definition) is 2. The lowest BCUT2D eigenvalue weighted by atomic mass is 10.1. The molecule has 3 heterocycles. The highest BCUT2D eigenvalue weighted by atomic mass is 16.7. The third kappa shape index (κ3) is 5.53. The number of aromatic nitrogens is 1. The molecule has 1 aromatic carbocycles. The molecule has 8 nitrogen and oxygen atoms in total. The molecule has 0 aliphatic carbocycles. The predicted octanol–water partition coefficient (Wildman–Crippen LogP) is 3.22. The van der Waals surface area contributed by atoms with Gasteiger partial charge in [0.2, 0.25) is 5.91 Å². The molecule has 32 heavy (non-hydrogen) atoms. The monoisotopic (exact) mass is 435 g/mol. The first-order valence-corrected chi connectivity index (χ1v) is 10.7. The standard InChI is InChI=1S/C24H29N5O3/c1-4-24(30)25-20-7-5-6-19(15-20)21-13-18(16-29-8-10-31-11-9-29)14-22(26-21)27-23-12-17(2)32-28(23)3/h4-7,12-15,23H,1,8-11,16H2,2-3H3,(H,25,30)(H,26,27). The Hall–Kier alpha value is -3.20. The second-order valence-electron chi connectivity index (χ2n) is 7.91. The number of carbonyl (C=O) groups is 1. The van der Waals surface area contributed by atoms with E-state index in [9.17, 15) is 4.79 Å². The van der Waals surface area contributed by atoms with Gasteiger partial charge in [-0.3, -0.25) is 9.69 Å². The minimum atomic E-state index is -0.245. The number of ether oxygens (including phenoxy) is 1. The van der Waals surface area contributed by atoms with Crippen LogP contribution in [0.1, 0.15) is 12.5 Å². The van der Waals surface area contributed by atoms with Crippen molar-refractivity contribution < 1.29 is 14.4 Å². The number of hydroxylamine groups is 2. The molecule has 168 valence electrons. The highest BCUT2D eigenvalue weighted by Crippen LogP contribution is 2.26. The minimum absolute atomic E-state index is 0.104. The van der Waals surface area contributed by atoms with E-state index in [-0.39, 0.29) is 12.1 Å². The summed E-state index contributed by atoms with van der Waals surface area (Å²) < 4.78 is 5.49. The van der Waals surface area contributed by atoms with Crippen LogP contribution in [0.2, 0.25) is 0 Å². The van der Waals surface area contributed by atoms with Crippen LogP contribution in [0.15, 0.2) is 60.9 Å². The maximum Gasteiger partial charge on any atom is 0.247 e. The van der Waals surface area contributed by atoms with Crippen molar-refractivity contribution in [1.82, 2.24) is 14.9 Å². The van der Waals surface area contributed by atoms with Crippen LogP contribution in [0.5, 0.6) is 0 Å². The molecule has 1 fully saturated rings. The van der Waals surface area contributed by atoms with Gasteiger partial charge in [-0.15, -0.1) is 5.06 Å². The third-order valence-corrected chi connectivity index (χ3v) is 5.37. The fraction of sp³-hybridized carbons (Fsp3) is 0.333. The molecule has 1 saturated heterocycles. The second kappa shape index (κ2) is 9.95. The summed E-state index contributed by atoms with van der Waals surface area (Å²) in [5.41, 5.74) is 3.60. The smallest absolute Gasteiger partial charge is 0.247 e. The van der Waals surface area contributed by atoms with Crippen molar-refractivity contribution in [2.24, 2.45) is 0 Å². The number of benzene rings is 1. The molecule has 2 aliphatic rings. The first-order valence-electron chi connectivity index (χ1n) is 10.7. The summed E-state index contributed by atoms with van der Waals surface area (Å²) in [4.78, 5) is 24.6. The van der Waals surface area contributed by atoms with Gasteiger partial charge in [0.25, 0.3) is 0 Å². The Labute approximate surface area is 188 Å². The molecular weight excluding hydrogens is 406 g/mol. The van der Waals surface area contributed by atoms with E-state index >= 15 is 0 Å². The van der Waals surface area contributed by atoms with E-state index in [1.54, 1.807) is 5.06 Å². The van der Waals surface area contributed by atoms with Crippen LogP contribution < -0.4 is 10.6 Å². The number of amides is 1. The molecule has 1 aromatic heterocycles. The molecule has 2 N–H and O–H groups in total. The van der Waals surface area contributed by atoms with Gasteiger partial charge in [-0.2, -0.15) is 0 Å². The predicted molar refractivity (Wildman–Crippen MR) is 125 cm³/mol. The second-order valence-corrected chi connectivity index (χ2v) is 7.91. The zero-order chi connectivity index (χ0) is 22.5. The average Bonchev–Trinajstić information content (AvgIpc) is 3.10. The van der Waals surface area contributed by atoms with Crippen LogP contribution in [0.4, 0.5) is 11.5 Å². The van der Waals surface area contributed by atoms with Crippen molar-refractivity contribution in [1.29, 1.82) is 0 Å². The number of rotatable bonds is 7. The first kappa shape index (κ1) is 22.0. The molecule has 2 aromatic rings. The molecule has 2 aliphatic heterocycles. The van der Waals surface area contributed by atoms with Crippen molar-refractivity contribution in [2.45, 2.75) is 19.6 Å². The van der Waals surface area contributed by atoms with E-state index in [0.29, 0.717) is 5.69 Å². The number of nitrogens with zero attached hydrogens (tertiary/aromatic N) is 3. The summed E-state index contributed by atoms with van der Waals surface area (Å²) in [5, 5.41) is 8.03. The lowest BCUT2D eigenvalue weighted by molar-refractivity contribution is -0.111. The average molecular weight is 436 g/mol. The summed E-state index contributed by atoms with van der Waals surface area (Å²) in [6, 6.07) is 11.8. The summed E-state index contributed by atoms with van der Waals surface area (Å²) >= 11 is 0. The number of nitrogens with one attached hydrogen (secondary N) is 2. The van der Waals surface area contributed by atoms with Crippen molar-refractivity contribution >= 4 is 17.4 Å². The topological polar surface area (TPSA) is 79.0 Å². The SMILES string of the molecule is C=CC(=O)Nc1cccc(-c2cc(CN3CCOCC3)cc(NC3C=C(C)ON3C)n2)c1. The fourth-order valence-corrected chi connectivity index (χ4v) is 3.79. The summed E-state index contributed by atoms with van der Waals surface area (Å²) in [7, 11) is 1.88. The van der Waals surface area contributed by atoms with Crippen molar-refractivity contribution in [2.75, 3.05) is 44.0 Å². The van der Waals surface area contributed by atoms with Gasteiger partial charge in [-0.05, 0) is 48.9 Å². The van der Waals surface area contributed by atoms with Crippen molar-refractivity contribution in [3.05, 3.63) is 66.5 Å². The number of carbonyl (C=O) groups excluding carboxylic acids is 1. The van der Waals surface area contributed by atoms with Crippen LogP contribution in [-0.4, -0.2) is 60.4 Å². The van der Waals surface area contributed by atoms with Gasteiger partial charge < -0.3 is 20.2 Å². The van der Waals surface area contributed by atoms with Crippen molar-refractivity contribution in [3.63, 3.8) is 0 Å². The van der Waals surface area contributed by atoms with Crippen LogP contribution >= 0.6 is 0 Å². The number of likely N-dealkylation sites (N-methyl/N-ethyl adjacent to an activating group) is 1. The number of hydrogen-bond acceptors (Lipinski definition) is 7. The van der Waals surface area contributed by atoms with Gasteiger partial charge >= 0.3 is 0 Å². The van der Waals surface area contributed by atoms with E-state index in [2.05, 4.69) is 34.2 Å². The lowest BCUT2D eigenvalue weighted by Crippen LogP contribution is -2.35. The highest BCUT2D eigenvalue weighted by molar-refractivity contribution is 5.99. The van der Waals surface area contributed by atoms with Gasteiger partial charge in [0.1, 0.15) is 17.7 Å². The Bertz CT molecular complexity index is 1020. The van der Waals surface area contributed by atoms with Gasteiger partial charge in [-0.1, -0.05) is 18.7 Å². The molecule has 8 heteroatoms. The highest BCUT2D eigenvalue weighted by Gasteiger charge is 2.22.